The Morgan fingerprint density at radius 1 is 0.500 bits per heavy atom. The number of hydrogen-bond donors (Lipinski definition) is 0. The van der Waals surface area contributed by atoms with Crippen LogP contribution < -0.4 is 10.0 Å². The first-order chi connectivity index (χ1) is 21.6. The van der Waals surface area contributed by atoms with E-state index in [1.54, 1.807) is 12.1 Å². The summed E-state index contributed by atoms with van der Waals surface area (Å²) < 4.78 is 0. The predicted octanol–water partition coefficient (Wildman–Crippen LogP) is 7.56. The Bertz CT molecular complexity index is 1740. The third kappa shape index (κ3) is 4.99. The van der Waals surface area contributed by atoms with Crippen LogP contribution in [0.15, 0.2) is 156 Å². The highest BCUT2D eigenvalue weighted by atomic mass is 35.5. The summed E-state index contributed by atoms with van der Waals surface area (Å²) in [5, 5.41) is 13.4. The van der Waals surface area contributed by atoms with E-state index >= 15 is 0 Å². The van der Waals surface area contributed by atoms with Gasteiger partial charge in [-0.2, -0.15) is 20.2 Å². The van der Waals surface area contributed by atoms with Gasteiger partial charge >= 0.3 is 0 Å². The topological polar surface area (TPSA) is 65.3 Å². The van der Waals surface area contributed by atoms with Crippen molar-refractivity contribution in [3.8, 4) is 0 Å². The lowest BCUT2D eigenvalue weighted by molar-refractivity contribution is -0.122. The molecule has 7 heteroatoms. The molecule has 7 rings (SSSR count). The van der Waals surface area contributed by atoms with Crippen LogP contribution in [-0.4, -0.2) is 23.2 Å². The Balaban J connectivity index is 1.44. The number of para-hydroxylation sites is 2. The lowest BCUT2D eigenvalue weighted by atomic mass is 9.70. The molecule has 2 atom stereocenters. The van der Waals surface area contributed by atoms with Gasteiger partial charge < -0.3 is 0 Å². The molecule has 6 nitrogen and oxygen atoms in total. The van der Waals surface area contributed by atoms with E-state index in [-0.39, 0.29) is 11.8 Å². The number of benzene rings is 5. The Morgan fingerprint density at radius 2 is 0.864 bits per heavy atom. The molecule has 5 aromatic carbocycles. The molecule has 0 N–H and O–H groups in total. The van der Waals surface area contributed by atoms with Crippen molar-refractivity contribution >= 4 is 46.2 Å². The molecule has 0 aliphatic carbocycles. The number of anilines is 2. The van der Waals surface area contributed by atoms with Crippen molar-refractivity contribution in [2.45, 2.75) is 5.92 Å². The maximum atomic E-state index is 14.6. The summed E-state index contributed by atoms with van der Waals surface area (Å²) in [6, 6.07) is 45.5. The molecule has 0 aromatic heterocycles. The molecule has 0 saturated carbocycles. The maximum absolute atomic E-state index is 14.6. The molecule has 2 aliphatic heterocycles. The summed E-state index contributed by atoms with van der Waals surface area (Å²) in [5.74, 6) is -2.66. The van der Waals surface area contributed by atoms with E-state index in [4.69, 9.17) is 21.8 Å². The fourth-order valence-electron chi connectivity index (χ4n) is 6.05. The highest BCUT2D eigenvalue weighted by Gasteiger charge is 2.52. The van der Waals surface area contributed by atoms with Crippen molar-refractivity contribution in [1.82, 2.24) is 0 Å². The van der Waals surface area contributed by atoms with Gasteiger partial charge in [0, 0.05) is 10.9 Å². The summed E-state index contributed by atoms with van der Waals surface area (Å²) in [6.07, 6.45) is 0. The van der Waals surface area contributed by atoms with Crippen LogP contribution in [0.4, 0.5) is 11.4 Å². The lowest BCUT2D eigenvalue weighted by Gasteiger charge is -2.30. The van der Waals surface area contributed by atoms with Crippen LogP contribution in [0, 0.1) is 11.8 Å². The molecular formula is C37H27ClN4O2. The second-order valence-electron chi connectivity index (χ2n) is 10.7. The minimum atomic E-state index is -0.794. The van der Waals surface area contributed by atoms with E-state index in [1.165, 1.54) is 10.0 Å². The summed E-state index contributed by atoms with van der Waals surface area (Å²) in [6.45, 7) is 0. The van der Waals surface area contributed by atoms with Gasteiger partial charge in [-0.25, -0.2) is 0 Å². The van der Waals surface area contributed by atoms with Gasteiger partial charge in [0.15, 0.2) is 0 Å². The summed E-state index contributed by atoms with van der Waals surface area (Å²) in [7, 11) is 0. The third-order valence-electron chi connectivity index (χ3n) is 8.07. The van der Waals surface area contributed by atoms with Crippen LogP contribution in [0.3, 0.4) is 0 Å². The molecular weight excluding hydrogens is 568 g/mol. The first-order valence-corrected chi connectivity index (χ1v) is 14.8. The van der Waals surface area contributed by atoms with Gasteiger partial charge in [0.05, 0.1) is 34.6 Å². The minimum absolute atomic E-state index is 0.214. The SMILES string of the molecule is O=C1[C@@H](C(c2ccc(Cl)cc2)[C@@H]2C(=O)N(c3ccccc3)N=C2c2ccccc2)C(c2ccccc2)=NN1c1ccccc1. The van der Waals surface area contributed by atoms with Crippen molar-refractivity contribution in [2.75, 3.05) is 10.0 Å². The molecule has 44 heavy (non-hydrogen) atoms. The Labute approximate surface area is 260 Å². The number of carbonyl (C=O) groups is 2. The zero-order valence-electron chi connectivity index (χ0n) is 23.6. The van der Waals surface area contributed by atoms with Gasteiger partial charge in [-0.3, -0.25) is 9.59 Å². The van der Waals surface area contributed by atoms with Crippen LogP contribution in [0.25, 0.3) is 0 Å². The molecule has 0 fully saturated rings. The molecule has 214 valence electrons. The number of carbonyl (C=O) groups excluding carboxylic acids is 2. The molecule has 0 unspecified atom stereocenters. The highest BCUT2D eigenvalue weighted by molar-refractivity contribution is 6.30. The van der Waals surface area contributed by atoms with Crippen LogP contribution >= 0.6 is 11.6 Å². The standard InChI is InChI=1S/C37H27ClN4O2/c38-28-23-21-25(22-24-28)31(32-34(26-13-5-1-6-14-26)39-41(36(32)43)29-17-9-3-10-18-29)33-35(27-15-7-2-8-16-27)40-42(37(33)44)30-19-11-4-12-20-30/h1-24,31-33H/t32-,33-/m0/s1. The highest BCUT2D eigenvalue weighted by Crippen LogP contribution is 2.45. The smallest absolute Gasteiger partial charge is 0.257 e. The lowest BCUT2D eigenvalue weighted by Crippen LogP contribution is -2.41. The monoisotopic (exact) mass is 594 g/mol. The normalized spacial score (nSPS) is 18.1. The number of hydrogen-bond acceptors (Lipinski definition) is 4. The third-order valence-corrected chi connectivity index (χ3v) is 8.32. The first-order valence-electron chi connectivity index (χ1n) is 14.4. The number of hydrazone groups is 2. The Morgan fingerprint density at radius 3 is 1.25 bits per heavy atom. The summed E-state index contributed by atoms with van der Waals surface area (Å²) in [4.78, 5) is 29.3. The molecule has 0 radical (unpaired) electrons. The second kappa shape index (κ2) is 11.7. The average molecular weight is 595 g/mol. The Hall–Kier alpha value is -5.33. The van der Waals surface area contributed by atoms with Gasteiger partial charge in [0.2, 0.25) is 0 Å². The fraction of sp³-hybridized carbons (Fsp3) is 0.0811. The van der Waals surface area contributed by atoms with Gasteiger partial charge in [-0.15, -0.1) is 0 Å². The fourth-order valence-corrected chi connectivity index (χ4v) is 6.17. The van der Waals surface area contributed by atoms with Crippen LogP contribution in [0.2, 0.25) is 5.02 Å². The van der Waals surface area contributed by atoms with E-state index in [9.17, 15) is 9.59 Å². The van der Waals surface area contributed by atoms with E-state index in [0.717, 1.165) is 16.7 Å². The predicted molar refractivity (Wildman–Crippen MR) is 175 cm³/mol. The van der Waals surface area contributed by atoms with E-state index in [1.807, 2.05) is 133 Å². The first kappa shape index (κ1) is 27.5. The molecule has 0 bridgehead atoms. The van der Waals surface area contributed by atoms with E-state index in [2.05, 4.69) is 0 Å². The van der Waals surface area contributed by atoms with E-state index in [0.29, 0.717) is 27.8 Å². The van der Waals surface area contributed by atoms with Gasteiger partial charge in [0.1, 0.15) is 0 Å². The molecule has 0 spiro atoms. The number of halogens is 1. The zero-order valence-corrected chi connectivity index (χ0v) is 24.3. The summed E-state index contributed by atoms with van der Waals surface area (Å²) >= 11 is 6.35. The van der Waals surface area contributed by atoms with Crippen molar-refractivity contribution in [3.05, 3.63) is 167 Å². The van der Waals surface area contributed by atoms with Crippen LogP contribution in [0.5, 0.6) is 0 Å². The molecule has 5 aromatic rings. The van der Waals surface area contributed by atoms with Crippen LogP contribution in [-0.2, 0) is 9.59 Å². The van der Waals surface area contributed by atoms with Gasteiger partial charge in [-0.05, 0) is 53.1 Å². The zero-order chi connectivity index (χ0) is 30.0. The number of nitrogens with zero attached hydrogens (tertiary/aromatic N) is 4. The van der Waals surface area contributed by atoms with Crippen molar-refractivity contribution in [2.24, 2.45) is 22.0 Å². The maximum Gasteiger partial charge on any atom is 0.257 e. The van der Waals surface area contributed by atoms with Crippen molar-refractivity contribution in [3.63, 3.8) is 0 Å². The van der Waals surface area contributed by atoms with Crippen LogP contribution in [0.1, 0.15) is 22.6 Å². The van der Waals surface area contributed by atoms with Crippen molar-refractivity contribution in [1.29, 1.82) is 0 Å². The summed E-state index contributed by atoms with van der Waals surface area (Å²) in [5.41, 5.74) is 4.92. The largest absolute Gasteiger partial charge is 0.272 e. The number of amides is 2. The van der Waals surface area contributed by atoms with Crippen molar-refractivity contribution < 1.29 is 9.59 Å². The molecule has 2 amide bonds. The number of rotatable bonds is 7. The van der Waals surface area contributed by atoms with Gasteiger partial charge in [-0.1, -0.05) is 121 Å². The second-order valence-corrected chi connectivity index (χ2v) is 11.1. The minimum Gasteiger partial charge on any atom is -0.272 e. The molecule has 0 saturated heterocycles. The quantitative estimate of drug-likeness (QED) is 0.195. The van der Waals surface area contributed by atoms with E-state index < -0.39 is 17.8 Å². The molecule has 2 heterocycles. The molecule has 2 aliphatic rings. The van der Waals surface area contributed by atoms with Gasteiger partial charge in [0.25, 0.3) is 11.8 Å². The average Bonchev–Trinajstić information content (AvgIpc) is 3.61. The Kier molecular flexibility index (Phi) is 7.34.